The molecule has 0 fully saturated rings. The number of nitrogens with one attached hydrogen (secondary N) is 1. The lowest BCUT2D eigenvalue weighted by molar-refractivity contribution is 0.597. The first-order chi connectivity index (χ1) is 9.62. The highest BCUT2D eigenvalue weighted by molar-refractivity contribution is 8.01. The Labute approximate surface area is 129 Å². The summed E-state index contributed by atoms with van der Waals surface area (Å²) in [5.74, 6) is 0.603. The van der Waals surface area contributed by atoms with Gasteiger partial charge in [-0.1, -0.05) is 12.1 Å². The summed E-state index contributed by atoms with van der Waals surface area (Å²) in [6.45, 7) is 0. The first kappa shape index (κ1) is 18.0. The summed E-state index contributed by atoms with van der Waals surface area (Å²) in [5.41, 5.74) is 5.77. The summed E-state index contributed by atoms with van der Waals surface area (Å²) in [4.78, 5) is 0.177. The molecule has 1 aromatic rings. The van der Waals surface area contributed by atoms with Crippen LogP contribution in [0.25, 0.3) is 0 Å². The molecule has 0 aromatic heterocycles. The third-order valence-corrected chi connectivity index (χ3v) is 6.80. The van der Waals surface area contributed by atoms with E-state index in [2.05, 4.69) is 0 Å². The Morgan fingerprint density at radius 2 is 1.62 bits per heavy atom. The smallest absolute Gasteiger partial charge is 0.179 e. The molecule has 0 unspecified atom stereocenters. The molecule has 0 heterocycles. The zero-order chi connectivity index (χ0) is 16.1. The first-order valence-electron chi connectivity index (χ1n) is 6.04. The van der Waals surface area contributed by atoms with Gasteiger partial charge in [0.1, 0.15) is 15.7 Å². The van der Waals surface area contributed by atoms with Gasteiger partial charge in [0.15, 0.2) is 9.84 Å². The molecule has 0 aliphatic rings. The van der Waals surface area contributed by atoms with E-state index in [9.17, 15) is 16.8 Å². The van der Waals surface area contributed by atoms with E-state index in [1.54, 1.807) is 0 Å². The molecule has 0 atom stereocenters. The fourth-order valence-corrected chi connectivity index (χ4v) is 5.46. The molecule has 0 amide bonds. The first-order valence-corrected chi connectivity index (χ1v) is 10.9. The van der Waals surface area contributed by atoms with Crippen molar-refractivity contribution in [1.29, 1.82) is 5.41 Å². The summed E-state index contributed by atoms with van der Waals surface area (Å²) in [6.07, 6.45) is 1.15. The van der Waals surface area contributed by atoms with Crippen LogP contribution in [0.3, 0.4) is 0 Å². The molecule has 0 aliphatic heterocycles. The Morgan fingerprint density at radius 1 is 1.10 bits per heavy atom. The van der Waals surface area contributed by atoms with E-state index in [0.717, 1.165) is 6.26 Å². The van der Waals surface area contributed by atoms with E-state index in [-0.39, 0.29) is 22.2 Å². The summed E-state index contributed by atoms with van der Waals surface area (Å²) < 4.78 is 46.0. The van der Waals surface area contributed by atoms with Crippen LogP contribution >= 0.6 is 11.8 Å². The number of hydrogen-bond acceptors (Lipinski definition) is 6. The predicted octanol–water partition coefficient (Wildman–Crippen LogP) is 0.522. The number of thioether (sulfide) groups is 1. The molecule has 0 aliphatic carbocycles. The number of nitrogen functional groups attached to an aromatic ring is 1. The summed E-state index contributed by atoms with van der Waals surface area (Å²) in [5, 5.41) is 7.25. The minimum atomic E-state index is -3.40. The van der Waals surface area contributed by atoms with Gasteiger partial charge in [-0.15, -0.1) is 0 Å². The maximum Gasteiger partial charge on any atom is 0.179 e. The third-order valence-electron chi connectivity index (χ3n) is 2.62. The van der Waals surface area contributed by atoms with Crippen molar-refractivity contribution in [1.82, 2.24) is 0 Å². The standard InChI is InChI=1S/C12H18N2O4S3/c1-20(15,16)8-6-19-7-9-21(17,18)11-4-2-10(3-5-11)12(13)14/h2-5H,6-9H2,1H3,(H3,13,14). The van der Waals surface area contributed by atoms with E-state index < -0.39 is 19.7 Å². The second-order valence-corrected chi connectivity index (χ2v) is 10.1. The van der Waals surface area contributed by atoms with E-state index in [0.29, 0.717) is 17.1 Å². The van der Waals surface area contributed by atoms with Crippen LogP contribution in [0.4, 0.5) is 0 Å². The minimum absolute atomic E-state index is 0.0466. The molecule has 0 saturated heterocycles. The van der Waals surface area contributed by atoms with Crippen molar-refractivity contribution in [3.63, 3.8) is 0 Å². The number of rotatable bonds is 8. The molecular formula is C12H18N2O4S3. The maximum absolute atomic E-state index is 12.1. The van der Waals surface area contributed by atoms with Gasteiger partial charge in [0.25, 0.3) is 0 Å². The second-order valence-electron chi connectivity index (χ2n) is 4.50. The molecular weight excluding hydrogens is 332 g/mol. The van der Waals surface area contributed by atoms with Gasteiger partial charge in [-0.05, 0) is 12.1 Å². The third kappa shape index (κ3) is 6.49. The van der Waals surface area contributed by atoms with Crippen molar-refractivity contribution in [3.8, 4) is 0 Å². The topological polar surface area (TPSA) is 118 Å². The fourth-order valence-electron chi connectivity index (χ4n) is 1.44. The van der Waals surface area contributed by atoms with Gasteiger partial charge in [-0.2, -0.15) is 11.8 Å². The largest absolute Gasteiger partial charge is 0.384 e. The van der Waals surface area contributed by atoms with E-state index in [1.165, 1.54) is 36.0 Å². The quantitative estimate of drug-likeness (QED) is 0.401. The lowest BCUT2D eigenvalue weighted by Gasteiger charge is -2.05. The van der Waals surface area contributed by atoms with Crippen molar-refractivity contribution in [3.05, 3.63) is 29.8 Å². The molecule has 0 bridgehead atoms. The average molecular weight is 350 g/mol. The zero-order valence-corrected chi connectivity index (χ0v) is 14.0. The molecule has 0 radical (unpaired) electrons. The highest BCUT2D eigenvalue weighted by Crippen LogP contribution is 2.14. The Balaban J connectivity index is 2.55. The monoisotopic (exact) mass is 350 g/mol. The minimum Gasteiger partial charge on any atom is -0.384 e. The maximum atomic E-state index is 12.1. The predicted molar refractivity (Wildman–Crippen MR) is 86.5 cm³/mol. The van der Waals surface area contributed by atoms with Crippen molar-refractivity contribution >= 4 is 37.3 Å². The number of nitrogens with two attached hydrogens (primary N) is 1. The van der Waals surface area contributed by atoms with E-state index in [1.807, 2.05) is 0 Å². The van der Waals surface area contributed by atoms with Crippen LogP contribution in [0.15, 0.2) is 29.2 Å². The van der Waals surface area contributed by atoms with Crippen LogP contribution in [0.1, 0.15) is 5.56 Å². The second kappa shape index (κ2) is 7.28. The highest BCUT2D eigenvalue weighted by atomic mass is 32.2. The van der Waals surface area contributed by atoms with Crippen molar-refractivity contribution in [2.45, 2.75) is 4.90 Å². The highest BCUT2D eigenvalue weighted by Gasteiger charge is 2.14. The Morgan fingerprint density at radius 3 is 2.10 bits per heavy atom. The van der Waals surface area contributed by atoms with Crippen molar-refractivity contribution in [2.24, 2.45) is 5.73 Å². The molecule has 0 saturated carbocycles. The number of sulfone groups is 2. The number of amidine groups is 1. The Kier molecular flexibility index (Phi) is 6.24. The van der Waals surface area contributed by atoms with Crippen LogP contribution in [-0.2, 0) is 19.7 Å². The van der Waals surface area contributed by atoms with Gasteiger partial charge < -0.3 is 5.73 Å². The van der Waals surface area contributed by atoms with Gasteiger partial charge in [0, 0.05) is 23.3 Å². The van der Waals surface area contributed by atoms with E-state index in [4.69, 9.17) is 11.1 Å². The van der Waals surface area contributed by atoms with Crippen molar-refractivity contribution < 1.29 is 16.8 Å². The summed E-state index contributed by atoms with van der Waals surface area (Å²) in [6, 6.07) is 5.83. The Hall–Kier alpha value is -1.06. The molecule has 21 heavy (non-hydrogen) atoms. The van der Waals surface area contributed by atoms with Gasteiger partial charge in [0.05, 0.1) is 16.4 Å². The van der Waals surface area contributed by atoms with Crippen molar-refractivity contribution in [2.75, 3.05) is 29.3 Å². The summed E-state index contributed by atoms with van der Waals surface area (Å²) >= 11 is 1.30. The number of benzene rings is 1. The van der Waals surface area contributed by atoms with Crippen LogP contribution in [0.2, 0.25) is 0 Å². The number of hydrogen-bond donors (Lipinski definition) is 2. The van der Waals surface area contributed by atoms with Crippen LogP contribution < -0.4 is 5.73 Å². The van der Waals surface area contributed by atoms with Crippen LogP contribution in [-0.4, -0.2) is 51.9 Å². The SMILES string of the molecule is CS(=O)(=O)CCSCCS(=O)(=O)c1ccc(C(=N)N)cc1. The molecule has 6 nitrogen and oxygen atoms in total. The van der Waals surface area contributed by atoms with Crippen LogP contribution in [0.5, 0.6) is 0 Å². The molecule has 1 aromatic carbocycles. The molecule has 118 valence electrons. The van der Waals surface area contributed by atoms with E-state index >= 15 is 0 Å². The summed E-state index contributed by atoms with van der Waals surface area (Å²) in [7, 11) is -6.41. The normalized spacial score (nSPS) is 12.2. The van der Waals surface area contributed by atoms with Gasteiger partial charge in [0.2, 0.25) is 0 Å². The fraction of sp³-hybridized carbons (Fsp3) is 0.417. The lowest BCUT2D eigenvalue weighted by Crippen LogP contribution is -2.13. The van der Waals surface area contributed by atoms with Gasteiger partial charge >= 0.3 is 0 Å². The molecule has 0 spiro atoms. The lowest BCUT2D eigenvalue weighted by atomic mass is 10.2. The molecule has 3 N–H and O–H groups in total. The van der Waals surface area contributed by atoms with Gasteiger partial charge in [-0.3, -0.25) is 5.41 Å². The molecule has 9 heteroatoms. The zero-order valence-electron chi connectivity index (χ0n) is 11.6. The van der Waals surface area contributed by atoms with Crippen LogP contribution in [0, 0.1) is 5.41 Å². The average Bonchev–Trinajstić information content (AvgIpc) is 2.37. The molecule has 1 rings (SSSR count). The van der Waals surface area contributed by atoms with Gasteiger partial charge in [-0.25, -0.2) is 16.8 Å². The Bertz CT molecular complexity index is 695.